The van der Waals surface area contributed by atoms with Gasteiger partial charge in [0.2, 0.25) is 0 Å². The van der Waals surface area contributed by atoms with E-state index in [1.54, 1.807) is 18.3 Å². The van der Waals surface area contributed by atoms with E-state index >= 15 is 0 Å². The number of aliphatic carboxylic acids is 1. The number of hydrogen-bond donors (Lipinski definition) is 2. The summed E-state index contributed by atoms with van der Waals surface area (Å²) in [5.41, 5.74) is 3.84. The molecule has 2 N–H and O–H groups in total. The Morgan fingerprint density at radius 2 is 2.06 bits per heavy atom. The predicted octanol–water partition coefficient (Wildman–Crippen LogP) is 4.52. The summed E-state index contributed by atoms with van der Waals surface area (Å²) < 4.78 is 26.9. The molecule has 8 nitrogen and oxygen atoms in total. The zero-order valence-electron chi connectivity index (χ0n) is 18.8. The number of nitrogens with one attached hydrogen (secondary N) is 1. The van der Waals surface area contributed by atoms with Gasteiger partial charge in [0.1, 0.15) is 0 Å². The molecule has 172 valence electrons. The highest BCUT2D eigenvalue weighted by Gasteiger charge is 2.53. The fourth-order valence-electron chi connectivity index (χ4n) is 5.02. The number of fused-ring (bicyclic) bond motifs is 2. The van der Waals surface area contributed by atoms with E-state index in [1.165, 1.54) is 20.3 Å². The van der Waals surface area contributed by atoms with Gasteiger partial charge < -0.3 is 19.1 Å². The molecule has 4 aromatic rings. The van der Waals surface area contributed by atoms with Crippen LogP contribution < -0.4 is 4.74 Å². The lowest BCUT2D eigenvalue weighted by Gasteiger charge is -2.43. The third kappa shape index (κ3) is 3.10. The quantitative estimate of drug-likeness (QED) is 0.446. The summed E-state index contributed by atoms with van der Waals surface area (Å²) in [7, 11) is 2.88. The summed E-state index contributed by atoms with van der Waals surface area (Å²) in [5.74, 6) is -1.20. The monoisotopic (exact) mass is 452 g/mol. The Morgan fingerprint density at radius 1 is 1.30 bits per heavy atom. The molecule has 3 aromatic heterocycles. The number of nitrogens with zero attached hydrogens (tertiary/aromatic N) is 3. The summed E-state index contributed by atoms with van der Waals surface area (Å²) in [5, 5.41) is 17.6. The number of ether oxygens (including phenoxy) is 2. The summed E-state index contributed by atoms with van der Waals surface area (Å²) in [6, 6.07) is 6.77. The lowest BCUT2D eigenvalue weighted by Crippen LogP contribution is -2.51. The molecule has 3 heterocycles. The topological polar surface area (TPSA) is 102 Å². The fourth-order valence-corrected chi connectivity index (χ4v) is 5.02. The first-order chi connectivity index (χ1) is 15.8. The van der Waals surface area contributed by atoms with Crippen molar-refractivity contribution in [3.63, 3.8) is 0 Å². The van der Waals surface area contributed by atoms with Crippen molar-refractivity contribution in [3.8, 4) is 11.4 Å². The highest BCUT2D eigenvalue weighted by atomic mass is 19.1. The van der Waals surface area contributed by atoms with E-state index in [0.717, 1.165) is 33.4 Å². The van der Waals surface area contributed by atoms with Gasteiger partial charge in [0.25, 0.3) is 0 Å². The molecule has 0 radical (unpaired) electrons. The van der Waals surface area contributed by atoms with Crippen LogP contribution in [0.25, 0.3) is 27.8 Å². The molecule has 0 spiro atoms. The van der Waals surface area contributed by atoms with Crippen molar-refractivity contribution in [2.24, 2.45) is 0 Å². The van der Waals surface area contributed by atoms with E-state index in [-0.39, 0.29) is 17.6 Å². The van der Waals surface area contributed by atoms with Crippen LogP contribution in [0.1, 0.15) is 49.8 Å². The Balaban J connectivity index is 1.80. The van der Waals surface area contributed by atoms with Gasteiger partial charge in [0, 0.05) is 35.5 Å². The molecule has 1 saturated carbocycles. The number of rotatable bonds is 6. The molecule has 0 bridgehead atoms. The van der Waals surface area contributed by atoms with Crippen molar-refractivity contribution < 1.29 is 23.8 Å². The molecule has 0 atom stereocenters. The van der Waals surface area contributed by atoms with Gasteiger partial charge in [-0.25, -0.2) is 14.2 Å². The van der Waals surface area contributed by atoms with Crippen molar-refractivity contribution in [1.82, 2.24) is 19.7 Å². The molecule has 1 aromatic carbocycles. The fraction of sp³-hybridized carbons (Fsp3) is 0.375. The smallest absolute Gasteiger partial charge is 0.335 e. The molecule has 1 aliphatic rings. The van der Waals surface area contributed by atoms with E-state index < -0.39 is 17.4 Å². The van der Waals surface area contributed by atoms with Gasteiger partial charge in [0.05, 0.1) is 24.3 Å². The Morgan fingerprint density at radius 3 is 2.70 bits per heavy atom. The number of hydrogen-bond acceptors (Lipinski definition) is 5. The maximum Gasteiger partial charge on any atom is 0.335 e. The van der Waals surface area contributed by atoms with Crippen LogP contribution in [0.3, 0.4) is 0 Å². The Bertz CT molecular complexity index is 1380. The number of halogens is 1. The molecule has 0 amide bonds. The Kier molecular flexibility index (Phi) is 4.89. The van der Waals surface area contributed by atoms with Crippen LogP contribution in [0, 0.1) is 5.82 Å². The predicted molar refractivity (Wildman–Crippen MR) is 121 cm³/mol. The molecule has 33 heavy (non-hydrogen) atoms. The second-order valence-electron chi connectivity index (χ2n) is 8.88. The van der Waals surface area contributed by atoms with E-state index in [1.807, 2.05) is 6.07 Å². The number of methoxy groups -OCH3 is 2. The second-order valence-corrected chi connectivity index (χ2v) is 8.88. The average Bonchev–Trinajstić information content (AvgIpc) is 3.34. The zero-order chi connectivity index (χ0) is 23.5. The van der Waals surface area contributed by atoms with Crippen LogP contribution in [0.4, 0.5) is 4.39 Å². The molecular weight excluding hydrogens is 427 g/mol. The van der Waals surface area contributed by atoms with E-state index in [0.29, 0.717) is 18.5 Å². The van der Waals surface area contributed by atoms with Gasteiger partial charge in [-0.1, -0.05) is 13.8 Å². The summed E-state index contributed by atoms with van der Waals surface area (Å²) >= 11 is 0. The van der Waals surface area contributed by atoms with Crippen molar-refractivity contribution in [2.75, 3.05) is 14.2 Å². The number of aromatic amines is 1. The van der Waals surface area contributed by atoms with Gasteiger partial charge >= 0.3 is 5.97 Å². The first-order valence-electron chi connectivity index (χ1n) is 10.8. The lowest BCUT2D eigenvalue weighted by atomic mass is 9.67. The molecule has 1 fully saturated rings. The molecule has 0 saturated heterocycles. The molecule has 5 rings (SSSR count). The summed E-state index contributed by atoms with van der Waals surface area (Å²) in [6.07, 6.45) is 2.42. The number of carbonyl (C=O) groups is 1. The van der Waals surface area contributed by atoms with Gasteiger partial charge in [-0.2, -0.15) is 5.10 Å². The van der Waals surface area contributed by atoms with Crippen molar-refractivity contribution in [1.29, 1.82) is 0 Å². The summed E-state index contributed by atoms with van der Waals surface area (Å²) in [4.78, 5) is 16.7. The second kappa shape index (κ2) is 7.55. The van der Waals surface area contributed by atoms with E-state index in [4.69, 9.17) is 14.5 Å². The highest BCUT2D eigenvalue weighted by Crippen LogP contribution is 2.52. The van der Waals surface area contributed by atoms with Gasteiger partial charge in [-0.15, -0.1) is 0 Å². The highest BCUT2D eigenvalue weighted by molar-refractivity contribution is 5.94. The molecule has 0 unspecified atom stereocenters. The average molecular weight is 452 g/mol. The lowest BCUT2D eigenvalue weighted by molar-refractivity contribution is -0.175. The summed E-state index contributed by atoms with van der Waals surface area (Å²) in [6.45, 7) is 4.17. The number of carboxylic acids is 1. The molecule has 0 aliphatic heterocycles. The first kappa shape index (κ1) is 21.4. The van der Waals surface area contributed by atoms with Crippen LogP contribution in [0.5, 0.6) is 5.75 Å². The number of H-pyrrole nitrogens is 1. The zero-order valence-corrected chi connectivity index (χ0v) is 18.8. The van der Waals surface area contributed by atoms with Gasteiger partial charge in [0.15, 0.2) is 22.8 Å². The number of benzene rings is 1. The molecule has 1 aliphatic carbocycles. The normalized spacial score (nSPS) is 20.5. The minimum absolute atomic E-state index is 0.0441. The molecule has 9 heteroatoms. The minimum Gasteiger partial charge on any atom is -0.494 e. The molecular formula is C24H25FN4O4. The number of aromatic nitrogens is 4. The van der Waals surface area contributed by atoms with Gasteiger partial charge in [-0.05, 0) is 42.9 Å². The largest absolute Gasteiger partial charge is 0.494 e. The van der Waals surface area contributed by atoms with Crippen LogP contribution in [0.15, 0.2) is 30.5 Å². The minimum atomic E-state index is -1.19. The Hall–Kier alpha value is -3.46. The van der Waals surface area contributed by atoms with Crippen molar-refractivity contribution in [3.05, 3.63) is 47.5 Å². The van der Waals surface area contributed by atoms with E-state index in [2.05, 4.69) is 28.6 Å². The SMILES string of the molecule is COc1cc(-n2c(C(C)C)c([C@H]3C[C@](OC)(C(=O)O)C3)c3nc4[nH]ncc4cc32)ccc1F. The first-order valence-corrected chi connectivity index (χ1v) is 10.8. The number of carboxylic acid groups (broad SMARTS) is 1. The van der Waals surface area contributed by atoms with Crippen molar-refractivity contribution in [2.45, 2.75) is 44.1 Å². The third-order valence-electron chi connectivity index (χ3n) is 6.70. The van der Waals surface area contributed by atoms with Crippen LogP contribution in [-0.2, 0) is 9.53 Å². The maximum absolute atomic E-state index is 14.2. The maximum atomic E-state index is 14.2. The van der Waals surface area contributed by atoms with Gasteiger partial charge in [-0.3, -0.25) is 5.10 Å². The van der Waals surface area contributed by atoms with Crippen LogP contribution >= 0.6 is 0 Å². The van der Waals surface area contributed by atoms with Crippen LogP contribution in [-0.4, -0.2) is 50.6 Å². The Labute approximate surface area is 189 Å². The van der Waals surface area contributed by atoms with E-state index in [9.17, 15) is 14.3 Å². The number of pyridine rings is 1. The van der Waals surface area contributed by atoms with Crippen molar-refractivity contribution >= 4 is 28.0 Å². The standard InChI is InChI=1S/C24H25FN4O4/c1-12(2)21-19(14-9-24(10-14,33-4)23(30)31)20-17(7-13-11-26-28-22(13)27-20)29(21)15-5-6-16(25)18(8-15)32-3/h5-8,11-12,14H,9-10H2,1-4H3,(H,30,31)(H,26,27,28)/t14-,24+. The third-order valence-corrected chi connectivity index (χ3v) is 6.70. The van der Waals surface area contributed by atoms with Crippen LogP contribution in [0.2, 0.25) is 0 Å².